The molecule has 1 nitrogen and oxygen atoms in total. The van der Waals surface area contributed by atoms with E-state index < -0.39 is 0 Å². The van der Waals surface area contributed by atoms with Crippen LogP contribution in [0, 0.1) is 0 Å². The minimum atomic E-state index is 0.222. The Balaban J connectivity index is 2.19. The zero-order chi connectivity index (χ0) is 9.26. The summed E-state index contributed by atoms with van der Waals surface area (Å²) in [6.45, 7) is 4.48. The van der Waals surface area contributed by atoms with Crippen molar-refractivity contribution in [2.75, 3.05) is 0 Å². The molecule has 0 unspecified atom stereocenters. The van der Waals surface area contributed by atoms with Crippen molar-refractivity contribution < 1.29 is 17.1 Å². The first-order valence-electron chi connectivity index (χ1n) is 4.40. The zero-order valence-corrected chi connectivity index (χ0v) is 9.61. The van der Waals surface area contributed by atoms with Crippen LogP contribution in [0.15, 0.2) is 39.7 Å². The Bertz CT molecular complexity index is 357. The first-order valence-corrected chi connectivity index (χ1v) is 6.14. The molecule has 2 rings (SSSR count). The van der Waals surface area contributed by atoms with Gasteiger partial charge in [-0.2, -0.15) is 0 Å². The fourth-order valence-electron chi connectivity index (χ4n) is 1.42. The van der Waals surface area contributed by atoms with Crippen LogP contribution in [0.25, 0.3) is 0 Å². The Labute approximate surface area is 86.5 Å². The number of nitrogens with one attached hydrogen (secondary N) is 1. The van der Waals surface area contributed by atoms with E-state index >= 15 is 0 Å². The van der Waals surface area contributed by atoms with Crippen molar-refractivity contribution in [1.29, 1.82) is 0 Å². The molecule has 0 atom stereocenters. The number of hydrogen-bond donors (Lipinski definition) is 1. The summed E-state index contributed by atoms with van der Waals surface area (Å²) in [5.74, 6) is 0. The SMILES string of the molecule is CC1=CCC(C)=[C]1[Ru][c]1ccc[nH]1. The van der Waals surface area contributed by atoms with Crippen LogP contribution >= 0.6 is 0 Å². The summed E-state index contributed by atoms with van der Waals surface area (Å²) in [5.41, 5.74) is 3.05. The fraction of sp³-hybridized carbons (Fsp3) is 0.273. The van der Waals surface area contributed by atoms with Gasteiger partial charge in [0.15, 0.2) is 0 Å². The normalized spacial score (nSPS) is 16.9. The van der Waals surface area contributed by atoms with Crippen LogP contribution in [0.3, 0.4) is 0 Å². The second-order valence-electron chi connectivity index (χ2n) is 3.27. The van der Waals surface area contributed by atoms with E-state index in [1.165, 1.54) is 9.86 Å². The second-order valence-corrected chi connectivity index (χ2v) is 5.51. The molecule has 1 heterocycles. The van der Waals surface area contributed by atoms with Gasteiger partial charge in [-0.1, -0.05) is 0 Å². The summed E-state index contributed by atoms with van der Waals surface area (Å²) in [6, 6.07) is 4.26. The Hall–Kier alpha value is -0.617. The van der Waals surface area contributed by atoms with E-state index in [0.717, 1.165) is 6.42 Å². The third-order valence-electron chi connectivity index (χ3n) is 2.15. The summed E-state index contributed by atoms with van der Waals surface area (Å²) in [6.07, 6.45) is 5.51. The molecule has 0 aliphatic heterocycles. The minimum absolute atomic E-state index is 0.222. The third-order valence-corrected chi connectivity index (χ3v) is 5.02. The molecule has 1 aliphatic carbocycles. The van der Waals surface area contributed by atoms with Gasteiger partial charge in [-0.25, -0.2) is 0 Å². The van der Waals surface area contributed by atoms with Gasteiger partial charge in [0, 0.05) is 0 Å². The van der Waals surface area contributed by atoms with E-state index in [2.05, 4.69) is 37.0 Å². The summed E-state index contributed by atoms with van der Waals surface area (Å²) >= 11 is 0.222. The number of hydrogen-bond acceptors (Lipinski definition) is 0. The number of rotatable bonds is 2. The van der Waals surface area contributed by atoms with Crippen molar-refractivity contribution in [1.82, 2.24) is 4.98 Å². The van der Waals surface area contributed by atoms with E-state index in [1.54, 1.807) is 9.74 Å². The van der Waals surface area contributed by atoms with Crippen molar-refractivity contribution in [2.45, 2.75) is 20.3 Å². The molecule has 1 aromatic heterocycles. The Morgan fingerprint density at radius 2 is 2.23 bits per heavy atom. The molecular weight excluding hydrogens is 247 g/mol. The van der Waals surface area contributed by atoms with Crippen LogP contribution in [0.5, 0.6) is 0 Å². The van der Waals surface area contributed by atoms with Crippen LogP contribution in [0.4, 0.5) is 0 Å². The van der Waals surface area contributed by atoms with Gasteiger partial charge in [0.05, 0.1) is 0 Å². The quantitative estimate of drug-likeness (QED) is 0.786. The van der Waals surface area contributed by atoms with Crippen molar-refractivity contribution in [3.63, 3.8) is 0 Å². The van der Waals surface area contributed by atoms with E-state index in [9.17, 15) is 0 Å². The molecule has 0 amide bonds. The van der Waals surface area contributed by atoms with Crippen molar-refractivity contribution >= 4 is 4.29 Å². The molecule has 1 aliphatic rings. The van der Waals surface area contributed by atoms with Crippen LogP contribution in [-0.4, -0.2) is 4.98 Å². The monoisotopic (exact) mass is 261 g/mol. The molecule has 0 aromatic carbocycles. The molecule has 70 valence electrons. The van der Waals surface area contributed by atoms with Gasteiger partial charge in [-0.05, 0) is 0 Å². The van der Waals surface area contributed by atoms with Crippen LogP contribution in [0.1, 0.15) is 20.3 Å². The molecule has 13 heavy (non-hydrogen) atoms. The first kappa shape index (κ1) is 8.96. The van der Waals surface area contributed by atoms with E-state index in [4.69, 9.17) is 0 Å². The number of allylic oxidation sites excluding steroid dienone is 4. The van der Waals surface area contributed by atoms with Crippen molar-refractivity contribution in [2.24, 2.45) is 0 Å². The molecule has 0 radical (unpaired) electrons. The summed E-state index contributed by atoms with van der Waals surface area (Å²) < 4.78 is 3.01. The maximum absolute atomic E-state index is 3.28. The number of aromatic amines is 1. The number of aromatic nitrogens is 1. The van der Waals surface area contributed by atoms with Crippen LogP contribution in [-0.2, 0) is 17.1 Å². The van der Waals surface area contributed by atoms with E-state index in [0.29, 0.717) is 0 Å². The van der Waals surface area contributed by atoms with Gasteiger partial charge >= 0.3 is 86.4 Å². The predicted molar refractivity (Wildman–Crippen MR) is 51.5 cm³/mol. The van der Waals surface area contributed by atoms with Gasteiger partial charge < -0.3 is 0 Å². The Kier molecular flexibility index (Phi) is 2.50. The number of H-pyrrole nitrogens is 1. The maximum atomic E-state index is 3.28. The third kappa shape index (κ3) is 1.83. The summed E-state index contributed by atoms with van der Waals surface area (Å²) in [5, 5.41) is 0. The van der Waals surface area contributed by atoms with Crippen molar-refractivity contribution in [3.05, 3.63) is 39.7 Å². The fourth-order valence-corrected chi connectivity index (χ4v) is 3.54. The molecule has 0 fully saturated rings. The van der Waals surface area contributed by atoms with E-state index in [1.807, 2.05) is 6.20 Å². The molecule has 1 aromatic rings. The predicted octanol–water partition coefficient (Wildman–Crippen LogP) is 2.35. The standard InChI is InChI=1S/C7H9.C4H4N.Ru/c1-6-3-4-7(2)5-6;1-2-4-5-3-1;/h3H,4H2,1-2H3;1-3,5H;. The van der Waals surface area contributed by atoms with E-state index in [-0.39, 0.29) is 17.1 Å². The molecule has 0 spiro atoms. The zero-order valence-electron chi connectivity index (χ0n) is 7.87. The van der Waals surface area contributed by atoms with Gasteiger partial charge in [0.25, 0.3) is 0 Å². The van der Waals surface area contributed by atoms with Crippen LogP contribution < -0.4 is 4.29 Å². The van der Waals surface area contributed by atoms with Crippen molar-refractivity contribution in [3.8, 4) is 0 Å². The molecular formula is C11H13NRu. The average molecular weight is 260 g/mol. The van der Waals surface area contributed by atoms with Crippen LogP contribution in [0.2, 0.25) is 0 Å². The van der Waals surface area contributed by atoms with Gasteiger partial charge in [0.1, 0.15) is 0 Å². The van der Waals surface area contributed by atoms with Gasteiger partial charge in [-0.15, -0.1) is 0 Å². The Morgan fingerprint density at radius 1 is 1.38 bits per heavy atom. The van der Waals surface area contributed by atoms with Gasteiger partial charge in [0.2, 0.25) is 0 Å². The average Bonchev–Trinajstić information content (AvgIpc) is 2.70. The summed E-state index contributed by atoms with van der Waals surface area (Å²) in [4.78, 5) is 3.28. The van der Waals surface area contributed by atoms with Gasteiger partial charge in [-0.3, -0.25) is 0 Å². The Morgan fingerprint density at radius 3 is 2.77 bits per heavy atom. The molecule has 0 saturated heterocycles. The molecule has 0 bridgehead atoms. The second kappa shape index (κ2) is 3.63. The topological polar surface area (TPSA) is 15.8 Å². The molecule has 2 heteroatoms. The first-order chi connectivity index (χ1) is 6.27. The summed E-state index contributed by atoms with van der Waals surface area (Å²) in [7, 11) is 0. The molecule has 1 N–H and O–H groups in total. The molecule has 0 saturated carbocycles.